The first-order chi connectivity index (χ1) is 33.2. The molecule has 0 radical (unpaired) electrons. The van der Waals surface area contributed by atoms with Crippen LogP contribution in [0.2, 0.25) is 0 Å². The van der Waals surface area contributed by atoms with E-state index in [4.69, 9.17) is 0 Å². The standard InChI is InChI=1S/C51H42N6O9S3/c1-31-40(28-67-49-13-7-4-10-43(49)52-25-34-22-37(55(61)62)16-19-46(34)58)32(2)42(30-69-51-15-9-6-12-45(51)54-27-36-24-39(57(65)66)18-21-48(36)60)33(3)41(31)29-68-50-14-8-5-11-44(50)53-26-35-23-38(56(63)64)17-20-47(35)59/h4-27,58-60H,28-30H2,1-3H3. The van der Waals surface area contributed by atoms with Crippen LogP contribution in [0.4, 0.5) is 34.1 Å². The Bertz CT molecular complexity index is 2860. The van der Waals surface area contributed by atoms with Crippen molar-refractivity contribution in [3.63, 3.8) is 0 Å². The van der Waals surface area contributed by atoms with Gasteiger partial charge in [0.25, 0.3) is 17.1 Å². The Kier molecular flexibility index (Phi) is 15.9. The van der Waals surface area contributed by atoms with Gasteiger partial charge in [-0.1, -0.05) is 36.4 Å². The lowest BCUT2D eigenvalue weighted by molar-refractivity contribution is -0.385. The van der Waals surface area contributed by atoms with Crippen molar-refractivity contribution in [3.05, 3.63) is 208 Å². The highest BCUT2D eigenvalue weighted by molar-refractivity contribution is 7.99. The molecule has 0 aromatic heterocycles. The molecular weight excluding hydrogens is 937 g/mol. The number of nitro groups is 3. The summed E-state index contributed by atoms with van der Waals surface area (Å²) in [5.41, 5.74) is 8.65. The largest absolute Gasteiger partial charge is 0.507 e. The smallest absolute Gasteiger partial charge is 0.270 e. The molecule has 0 heterocycles. The first kappa shape index (κ1) is 49.1. The van der Waals surface area contributed by atoms with Gasteiger partial charge in [-0.05, 0) is 109 Å². The van der Waals surface area contributed by atoms with E-state index in [0.29, 0.717) is 34.3 Å². The summed E-state index contributed by atoms with van der Waals surface area (Å²) in [6, 6.07) is 33.9. The summed E-state index contributed by atoms with van der Waals surface area (Å²) < 4.78 is 0. The Balaban J connectivity index is 1.22. The summed E-state index contributed by atoms with van der Waals surface area (Å²) in [7, 11) is 0. The molecule has 0 aliphatic carbocycles. The van der Waals surface area contributed by atoms with E-state index < -0.39 is 14.8 Å². The van der Waals surface area contributed by atoms with Crippen LogP contribution < -0.4 is 0 Å². The number of benzene rings is 7. The monoisotopic (exact) mass is 978 g/mol. The van der Waals surface area contributed by atoms with E-state index in [1.165, 1.54) is 73.2 Å². The fourth-order valence-electron chi connectivity index (χ4n) is 7.24. The van der Waals surface area contributed by atoms with E-state index in [2.05, 4.69) is 35.7 Å². The molecule has 7 aromatic carbocycles. The molecule has 0 aliphatic rings. The number of nitro benzene ring substituents is 3. The number of hydrogen-bond donors (Lipinski definition) is 3. The van der Waals surface area contributed by atoms with Crippen LogP contribution in [-0.4, -0.2) is 48.7 Å². The summed E-state index contributed by atoms with van der Waals surface area (Å²) in [6.07, 6.45) is 4.24. The van der Waals surface area contributed by atoms with Crippen molar-refractivity contribution in [3.8, 4) is 17.2 Å². The molecule has 0 atom stereocenters. The quantitative estimate of drug-likeness (QED) is 0.0316. The Labute approximate surface area is 408 Å². The number of rotatable bonds is 18. The summed E-state index contributed by atoms with van der Waals surface area (Å²) in [6.45, 7) is 6.33. The topological polar surface area (TPSA) is 227 Å². The van der Waals surface area contributed by atoms with Crippen molar-refractivity contribution in [2.24, 2.45) is 15.0 Å². The number of nitrogens with zero attached hydrogens (tertiary/aromatic N) is 6. The van der Waals surface area contributed by atoms with Crippen LogP contribution in [0.15, 0.2) is 157 Å². The van der Waals surface area contributed by atoms with Crippen molar-refractivity contribution >= 4 is 88.1 Å². The first-order valence-electron chi connectivity index (χ1n) is 21.0. The molecule has 7 rings (SSSR count). The summed E-state index contributed by atoms with van der Waals surface area (Å²) in [4.78, 5) is 49.2. The average Bonchev–Trinajstić information content (AvgIpc) is 3.33. The number of phenolic OH excluding ortho intramolecular Hbond substituents is 3. The Morgan fingerprint density at radius 2 is 0.696 bits per heavy atom. The lowest BCUT2D eigenvalue weighted by atomic mass is 9.90. The van der Waals surface area contributed by atoms with Crippen LogP contribution in [0.3, 0.4) is 0 Å². The van der Waals surface area contributed by atoms with E-state index >= 15 is 0 Å². The van der Waals surface area contributed by atoms with Gasteiger partial charge in [0.05, 0.1) is 31.8 Å². The third-order valence-corrected chi connectivity index (χ3v) is 14.4. The van der Waals surface area contributed by atoms with Gasteiger partial charge in [0.15, 0.2) is 0 Å². The molecule has 0 fully saturated rings. The number of non-ortho nitro benzene ring substituents is 3. The fourth-order valence-corrected chi connectivity index (χ4v) is 10.8. The zero-order chi connectivity index (χ0) is 49.2. The van der Waals surface area contributed by atoms with Gasteiger partial charge in [0.1, 0.15) is 17.2 Å². The second kappa shape index (κ2) is 22.3. The average molecular weight is 979 g/mol. The van der Waals surface area contributed by atoms with E-state index in [0.717, 1.165) is 48.1 Å². The van der Waals surface area contributed by atoms with E-state index in [1.807, 2.05) is 72.8 Å². The molecule has 348 valence electrons. The molecule has 0 unspecified atom stereocenters. The predicted octanol–water partition coefficient (Wildman–Crippen LogP) is 13.6. The summed E-state index contributed by atoms with van der Waals surface area (Å²) in [5.74, 6) is 1.27. The second-order valence-electron chi connectivity index (χ2n) is 15.4. The fraction of sp³-hybridized carbons (Fsp3) is 0.118. The molecule has 0 bridgehead atoms. The maximum atomic E-state index is 11.4. The van der Waals surface area contributed by atoms with Gasteiger partial charge in [-0.2, -0.15) is 0 Å². The van der Waals surface area contributed by atoms with E-state index in [1.54, 1.807) is 35.3 Å². The van der Waals surface area contributed by atoms with Gasteiger partial charge in [-0.15, -0.1) is 35.3 Å². The molecule has 0 amide bonds. The van der Waals surface area contributed by atoms with Crippen molar-refractivity contribution in [2.75, 3.05) is 0 Å². The molecule has 69 heavy (non-hydrogen) atoms. The van der Waals surface area contributed by atoms with Crippen LogP contribution in [0.5, 0.6) is 17.2 Å². The number of hydrogen-bond acceptors (Lipinski definition) is 15. The van der Waals surface area contributed by atoms with Crippen LogP contribution in [0, 0.1) is 51.1 Å². The Morgan fingerprint density at radius 3 is 0.957 bits per heavy atom. The van der Waals surface area contributed by atoms with Gasteiger partial charge >= 0.3 is 0 Å². The summed E-state index contributed by atoms with van der Waals surface area (Å²) >= 11 is 4.76. The number of thioether (sulfide) groups is 3. The molecule has 0 saturated carbocycles. The molecule has 0 aliphatic heterocycles. The Hall–Kier alpha value is -7.80. The number of aromatic hydroxyl groups is 3. The van der Waals surface area contributed by atoms with Gasteiger partial charge < -0.3 is 15.3 Å². The zero-order valence-electron chi connectivity index (χ0n) is 37.2. The lowest BCUT2D eigenvalue weighted by Crippen LogP contribution is -2.06. The minimum Gasteiger partial charge on any atom is -0.507 e. The highest BCUT2D eigenvalue weighted by atomic mass is 32.2. The third-order valence-electron chi connectivity index (χ3n) is 11.1. The van der Waals surface area contributed by atoms with E-state index in [9.17, 15) is 45.7 Å². The van der Waals surface area contributed by atoms with Gasteiger partial charge in [-0.25, -0.2) is 0 Å². The minimum absolute atomic E-state index is 0.136. The third kappa shape index (κ3) is 12.0. The van der Waals surface area contributed by atoms with Crippen LogP contribution in [-0.2, 0) is 17.3 Å². The summed E-state index contributed by atoms with van der Waals surface area (Å²) in [5, 5.41) is 65.6. The molecule has 15 nitrogen and oxygen atoms in total. The minimum atomic E-state index is -0.531. The second-order valence-corrected chi connectivity index (χ2v) is 18.4. The predicted molar refractivity (Wildman–Crippen MR) is 275 cm³/mol. The normalized spacial score (nSPS) is 11.5. The lowest BCUT2D eigenvalue weighted by Gasteiger charge is -2.23. The molecule has 3 N–H and O–H groups in total. The van der Waals surface area contributed by atoms with Gasteiger partial charge in [-0.3, -0.25) is 45.3 Å². The van der Waals surface area contributed by atoms with Crippen molar-refractivity contribution < 1.29 is 30.1 Å². The number of phenols is 3. The number of aliphatic imine (C=N–C) groups is 3. The van der Waals surface area contributed by atoms with Gasteiger partial charge in [0, 0.05) is 104 Å². The molecule has 0 saturated heterocycles. The molecule has 18 heteroatoms. The van der Waals surface area contributed by atoms with Crippen molar-refractivity contribution in [1.82, 2.24) is 0 Å². The van der Waals surface area contributed by atoms with Crippen molar-refractivity contribution in [1.29, 1.82) is 0 Å². The van der Waals surface area contributed by atoms with Crippen LogP contribution in [0.1, 0.15) is 50.1 Å². The maximum Gasteiger partial charge on any atom is 0.270 e. The first-order valence-corrected chi connectivity index (χ1v) is 23.9. The number of para-hydroxylation sites is 3. The molecular formula is C51H42N6O9S3. The van der Waals surface area contributed by atoms with E-state index in [-0.39, 0.29) is 51.0 Å². The molecule has 0 spiro atoms. The SMILES string of the molecule is Cc1c(CSc2ccccc2N=Cc2cc([N+](=O)[O-])ccc2O)c(C)c(CSc2ccccc2N=Cc2cc([N+](=O)[O-])ccc2O)c(C)c1CSc1ccccc1N=Cc1cc([N+](=O)[O-])ccc1O. The zero-order valence-corrected chi connectivity index (χ0v) is 39.6. The highest BCUT2D eigenvalue weighted by Gasteiger charge is 2.20. The molecule has 7 aromatic rings. The van der Waals surface area contributed by atoms with Crippen LogP contribution in [0.25, 0.3) is 0 Å². The van der Waals surface area contributed by atoms with Gasteiger partial charge in [0.2, 0.25) is 0 Å². The highest BCUT2D eigenvalue weighted by Crippen LogP contribution is 2.42. The maximum absolute atomic E-state index is 11.4. The van der Waals surface area contributed by atoms with Crippen LogP contribution >= 0.6 is 35.3 Å². The Morgan fingerprint density at radius 1 is 0.435 bits per heavy atom. The van der Waals surface area contributed by atoms with Crippen molar-refractivity contribution in [2.45, 2.75) is 52.7 Å².